The molecular weight excluding hydrogens is 412 g/mol. The molecule has 146 valence electrons. The highest BCUT2D eigenvalue weighted by Gasteiger charge is 2.18. The number of nitrogens with zero attached hydrogens (tertiary/aromatic N) is 3. The van der Waals surface area contributed by atoms with Gasteiger partial charge in [-0.1, -0.05) is 18.2 Å². The van der Waals surface area contributed by atoms with Gasteiger partial charge in [-0.2, -0.15) is 5.10 Å². The Hall–Kier alpha value is -3.37. The number of primary amides is 1. The fourth-order valence-corrected chi connectivity index (χ4v) is 4.81. The second-order valence-electron chi connectivity index (χ2n) is 6.18. The van der Waals surface area contributed by atoms with Crippen LogP contribution in [0.5, 0.6) is 0 Å². The summed E-state index contributed by atoms with van der Waals surface area (Å²) in [5, 5.41) is 6.65. The fraction of sp³-hybridized carbons (Fsp3) is 0.0526. The van der Waals surface area contributed by atoms with E-state index in [9.17, 15) is 18.0 Å². The van der Waals surface area contributed by atoms with Crippen molar-refractivity contribution in [2.45, 2.75) is 16.3 Å². The molecule has 4 aromatic rings. The topological polar surface area (TPSA) is 125 Å². The van der Waals surface area contributed by atoms with Crippen LogP contribution in [0.15, 0.2) is 74.7 Å². The van der Waals surface area contributed by atoms with Gasteiger partial charge in [0.2, 0.25) is 9.84 Å². The Morgan fingerprint density at radius 3 is 2.55 bits per heavy atom. The maximum absolute atomic E-state index is 12.8. The largest absolute Gasteiger partial charge is 0.364 e. The van der Waals surface area contributed by atoms with Gasteiger partial charge in [-0.15, -0.1) is 11.3 Å². The van der Waals surface area contributed by atoms with Gasteiger partial charge in [-0.3, -0.25) is 9.59 Å². The molecule has 0 spiro atoms. The number of amides is 1. The number of aromatic nitrogens is 3. The predicted molar refractivity (Wildman–Crippen MR) is 108 cm³/mol. The third kappa shape index (κ3) is 3.55. The van der Waals surface area contributed by atoms with Crippen molar-refractivity contribution in [3.05, 3.63) is 81.2 Å². The van der Waals surface area contributed by atoms with E-state index in [1.807, 2.05) is 0 Å². The van der Waals surface area contributed by atoms with E-state index in [-0.39, 0.29) is 26.9 Å². The number of hydrogen-bond donors (Lipinski definition) is 1. The van der Waals surface area contributed by atoms with E-state index in [2.05, 4.69) is 10.1 Å². The number of nitrogens with two attached hydrogens (primary N) is 1. The van der Waals surface area contributed by atoms with Crippen LogP contribution in [0.2, 0.25) is 0 Å². The normalized spacial score (nSPS) is 11.6. The zero-order valence-corrected chi connectivity index (χ0v) is 16.5. The van der Waals surface area contributed by atoms with Gasteiger partial charge in [0.05, 0.1) is 33.6 Å². The van der Waals surface area contributed by atoms with Gasteiger partial charge in [0.25, 0.3) is 11.5 Å². The van der Waals surface area contributed by atoms with Crippen LogP contribution >= 0.6 is 11.3 Å². The van der Waals surface area contributed by atoms with Gasteiger partial charge in [0.1, 0.15) is 0 Å². The summed E-state index contributed by atoms with van der Waals surface area (Å²) in [6, 6.07) is 12.4. The Morgan fingerprint density at radius 2 is 1.86 bits per heavy atom. The Labute approximate surface area is 169 Å². The molecule has 1 amide bonds. The highest BCUT2D eigenvalue weighted by atomic mass is 32.2. The number of thiazole rings is 1. The molecule has 0 unspecified atom stereocenters. The van der Waals surface area contributed by atoms with Gasteiger partial charge in [0.15, 0.2) is 5.01 Å². The van der Waals surface area contributed by atoms with E-state index in [1.165, 1.54) is 41.2 Å². The van der Waals surface area contributed by atoms with Crippen LogP contribution in [0.3, 0.4) is 0 Å². The second kappa shape index (κ2) is 7.22. The Bertz CT molecular complexity index is 1390. The quantitative estimate of drug-likeness (QED) is 0.519. The number of carbonyl (C=O) groups excluding carboxylic acids is 1. The van der Waals surface area contributed by atoms with Gasteiger partial charge in [-0.05, 0) is 30.3 Å². The van der Waals surface area contributed by atoms with Crippen molar-refractivity contribution in [2.24, 2.45) is 5.73 Å². The van der Waals surface area contributed by atoms with Crippen LogP contribution in [0.25, 0.3) is 10.8 Å². The number of hydrogen-bond acceptors (Lipinski definition) is 7. The van der Waals surface area contributed by atoms with E-state index in [0.29, 0.717) is 16.5 Å². The lowest BCUT2D eigenvalue weighted by molar-refractivity contribution is 0.0999. The maximum Gasteiger partial charge on any atom is 0.277 e. The van der Waals surface area contributed by atoms with Crippen molar-refractivity contribution in [1.82, 2.24) is 14.8 Å². The lowest BCUT2D eigenvalue weighted by Gasteiger charge is -2.07. The molecule has 4 rings (SSSR count). The van der Waals surface area contributed by atoms with Crippen molar-refractivity contribution < 1.29 is 13.2 Å². The van der Waals surface area contributed by atoms with Crippen molar-refractivity contribution in [2.75, 3.05) is 0 Å². The van der Waals surface area contributed by atoms with E-state index < -0.39 is 15.7 Å². The predicted octanol–water partition coefficient (Wildman–Crippen LogP) is 1.83. The van der Waals surface area contributed by atoms with E-state index in [1.54, 1.807) is 23.6 Å². The molecule has 0 saturated carbocycles. The van der Waals surface area contributed by atoms with Crippen LogP contribution in [0.4, 0.5) is 0 Å². The first kappa shape index (κ1) is 19.0. The smallest absolute Gasteiger partial charge is 0.277 e. The molecular formula is C19H14N4O4S2. The van der Waals surface area contributed by atoms with Gasteiger partial charge in [-0.25, -0.2) is 18.1 Å². The second-order valence-corrected chi connectivity index (χ2v) is 8.99. The number of benzene rings is 2. The van der Waals surface area contributed by atoms with Crippen LogP contribution in [-0.4, -0.2) is 29.1 Å². The lowest BCUT2D eigenvalue weighted by Crippen LogP contribution is -2.23. The molecule has 0 aliphatic carbocycles. The summed E-state index contributed by atoms with van der Waals surface area (Å²) in [5.74, 6) is -0.632. The summed E-state index contributed by atoms with van der Waals surface area (Å²) < 4.78 is 26.8. The highest BCUT2D eigenvalue weighted by molar-refractivity contribution is 7.91. The minimum Gasteiger partial charge on any atom is -0.364 e. The molecule has 0 bridgehead atoms. The summed E-state index contributed by atoms with van der Waals surface area (Å²) in [6.07, 6.45) is 1.43. The Balaban J connectivity index is 1.72. The molecule has 0 atom stereocenters. The number of sulfone groups is 1. The standard InChI is InChI=1S/C19H14N4O4S2/c20-17(24)18-22-13(11-28-18)10-23-19(25)16-7-6-15(8-12(16)9-21-23)29(26,27)14-4-2-1-3-5-14/h1-9,11H,10H2,(H2,20,24). The van der Waals surface area contributed by atoms with Gasteiger partial charge < -0.3 is 5.73 Å². The first-order valence-corrected chi connectivity index (χ1v) is 10.8. The average Bonchev–Trinajstić information content (AvgIpc) is 3.19. The van der Waals surface area contributed by atoms with Crippen LogP contribution in [0, 0.1) is 0 Å². The molecule has 2 aromatic heterocycles. The van der Waals surface area contributed by atoms with Gasteiger partial charge in [0, 0.05) is 10.8 Å². The fourth-order valence-electron chi connectivity index (χ4n) is 2.83. The monoisotopic (exact) mass is 426 g/mol. The molecule has 8 nitrogen and oxygen atoms in total. The van der Waals surface area contributed by atoms with E-state index in [0.717, 1.165) is 11.3 Å². The van der Waals surface area contributed by atoms with Crippen molar-refractivity contribution in [3.63, 3.8) is 0 Å². The van der Waals surface area contributed by atoms with Crippen LogP contribution < -0.4 is 11.3 Å². The van der Waals surface area contributed by atoms with Crippen LogP contribution in [0.1, 0.15) is 15.5 Å². The highest BCUT2D eigenvalue weighted by Crippen LogP contribution is 2.23. The molecule has 29 heavy (non-hydrogen) atoms. The third-order valence-electron chi connectivity index (χ3n) is 4.26. The number of rotatable bonds is 5. The summed E-state index contributed by atoms with van der Waals surface area (Å²) in [6.45, 7) is 0.0720. The zero-order chi connectivity index (χ0) is 20.6. The lowest BCUT2D eigenvalue weighted by atomic mass is 10.2. The minimum absolute atomic E-state index is 0.0720. The summed E-state index contributed by atoms with van der Waals surface area (Å²) in [5.41, 5.74) is 5.29. The summed E-state index contributed by atoms with van der Waals surface area (Å²) in [4.78, 5) is 28.2. The average molecular weight is 426 g/mol. The van der Waals surface area contributed by atoms with Crippen molar-refractivity contribution in [3.8, 4) is 0 Å². The molecule has 0 saturated heterocycles. The first-order valence-electron chi connectivity index (χ1n) is 8.40. The molecule has 0 aliphatic rings. The third-order valence-corrected chi connectivity index (χ3v) is 6.94. The van der Waals surface area contributed by atoms with Crippen molar-refractivity contribution in [1.29, 1.82) is 0 Å². The zero-order valence-electron chi connectivity index (χ0n) is 14.8. The molecule has 2 N–H and O–H groups in total. The van der Waals surface area contributed by atoms with Gasteiger partial charge >= 0.3 is 0 Å². The Kier molecular flexibility index (Phi) is 4.73. The molecule has 0 aliphatic heterocycles. The number of fused-ring (bicyclic) bond motifs is 1. The molecule has 0 radical (unpaired) electrons. The summed E-state index contributed by atoms with van der Waals surface area (Å²) in [7, 11) is -3.70. The molecule has 0 fully saturated rings. The number of carbonyl (C=O) groups is 1. The SMILES string of the molecule is NC(=O)c1nc(Cn2ncc3cc(S(=O)(=O)c4ccccc4)ccc3c2=O)cs1. The molecule has 10 heteroatoms. The minimum atomic E-state index is -3.70. The van der Waals surface area contributed by atoms with Crippen molar-refractivity contribution >= 4 is 37.9 Å². The van der Waals surface area contributed by atoms with E-state index >= 15 is 0 Å². The first-order chi connectivity index (χ1) is 13.9. The maximum atomic E-state index is 12.8. The van der Waals surface area contributed by atoms with Crippen LogP contribution in [-0.2, 0) is 16.4 Å². The van der Waals surface area contributed by atoms with E-state index in [4.69, 9.17) is 5.73 Å². The summed E-state index contributed by atoms with van der Waals surface area (Å²) >= 11 is 1.09. The Morgan fingerprint density at radius 1 is 1.10 bits per heavy atom. The molecule has 2 aromatic carbocycles. The molecule has 2 heterocycles.